The lowest BCUT2D eigenvalue weighted by Gasteiger charge is -2.21. The number of unbranched alkanes of at least 4 members (excludes halogenated alkanes) is 1. The molecule has 0 atom stereocenters. The molecule has 0 heterocycles. The molecule has 0 saturated heterocycles. The van der Waals surface area contributed by atoms with Crippen molar-refractivity contribution in [3.63, 3.8) is 0 Å². The van der Waals surface area contributed by atoms with Crippen LogP contribution in [0.5, 0.6) is 0 Å². The van der Waals surface area contributed by atoms with Gasteiger partial charge in [0.25, 0.3) is 0 Å². The summed E-state index contributed by atoms with van der Waals surface area (Å²) in [6, 6.07) is 10.7. The van der Waals surface area contributed by atoms with Gasteiger partial charge in [-0.05, 0) is 50.9 Å². The van der Waals surface area contributed by atoms with Gasteiger partial charge in [0.2, 0.25) is 0 Å². The molecule has 0 bridgehead atoms. The predicted octanol–water partition coefficient (Wildman–Crippen LogP) is 2.31. The molecule has 1 aromatic carbocycles. The molecule has 0 aliphatic rings. The Bertz CT molecular complexity index is 295. The van der Waals surface area contributed by atoms with E-state index in [0.717, 1.165) is 39.2 Å². The van der Waals surface area contributed by atoms with Gasteiger partial charge < -0.3 is 15.4 Å². The molecule has 3 heteroatoms. The van der Waals surface area contributed by atoms with Gasteiger partial charge in [-0.2, -0.15) is 0 Å². The highest BCUT2D eigenvalue weighted by Crippen LogP contribution is 2.05. The first-order valence-corrected chi connectivity index (χ1v) is 7.32. The lowest BCUT2D eigenvalue weighted by Crippen LogP contribution is -2.30. The van der Waals surface area contributed by atoms with Crippen LogP contribution in [-0.2, 0) is 11.2 Å². The molecule has 1 rings (SSSR count). The Labute approximate surface area is 117 Å². The van der Waals surface area contributed by atoms with E-state index in [0.29, 0.717) is 0 Å². The van der Waals surface area contributed by atoms with Gasteiger partial charge in [0, 0.05) is 13.7 Å². The van der Waals surface area contributed by atoms with Crippen LogP contribution in [0, 0.1) is 0 Å². The number of aryl methyl sites for hydroxylation is 1. The molecule has 0 fully saturated rings. The summed E-state index contributed by atoms with van der Waals surface area (Å²) in [5.74, 6) is 0. The van der Waals surface area contributed by atoms with Crippen molar-refractivity contribution in [2.24, 2.45) is 5.73 Å². The highest BCUT2D eigenvalue weighted by Gasteiger charge is 2.03. The molecule has 0 aliphatic carbocycles. The van der Waals surface area contributed by atoms with E-state index in [-0.39, 0.29) is 0 Å². The molecule has 108 valence electrons. The zero-order valence-electron chi connectivity index (χ0n) is 12.2. The van der Waals surface area contributed by atoms with Gasteiger partial charge in [0.05, 0.1) is 6.61 Å². The highest BCUT2D eigenvalue weighted by molar-refractivity contribution is 5.14. The summed E-state index contributed by atoms with van der Waals surface area (Å²) in [5, 5.41) is 0. The van der Waals surface area contributed by atoms with Crippen LogP contribution in [0.2, 0.25) is 0 Å². The first kappa shape index (κ1) is 16.2. The third kappa shape index (κ3) is 7.98. The zero-order chi connectivity index (χ0) is 13.8. The topological polar surface area (TPSA) is 38.5 Å². The molecular weight excluding hydrogens is 236 g/mol. The number of nitrogens with zero attached hydrogens (tertiary/aromatic N) is 1. The van der Waals surface area contributed by atoms with Gasteiger partial charge >= 0.3 is 0 Å². The van der Waals surface area contributed by atoms with Gasteiger partial charge in [-0.1, -0.05) is 30.3 Å². The number of rotatable bonds is 11. The number of methoxy groups -OCH3 is 1. The molecule has 0 unspecified atom stereocenters. The molecule has 0 spiro atoms. The third-order valence-corrected chi connectivity index (χ3v) is 3.32. The Hall–Kier alpha value is -0.900. The average Bonchev–Trinajstić information content (AvgIpc) is 2.46. The first-order valence-electron chi connectivity index (χ1n) is 7.32. The minimum atomic E-state index is 0.771. The maximum atomic E-state index is 5.58. The second kappa shape index (κ2) is 11.0. The smallest absolute Gasteiger partial charge is 0.0589 e. The molecule has 0 aliphatic heterocycles. The highest BCUT2D eigenvalue weighted by atomic mass is 16.5. The van der Waals surface area contributed by atoms with E-state index < -0.39 is 0 Å². The van der Waals surface area contributed by atoms with E-state index in [9.17, 15) is 0 Å². The van der Waals surface area contributed by atoms with Crippen LogP contribution in [0.1, 0.15) is 24.8 Å². The van der Waals surface area contributed by atoms with Crippen molar-refractivity contribution in [1.82, 2.24) is 4.90 Å². The van der Waals surface area contributed by atoms with Crippen molar-refractivity contribution >= 4 is 0 Å². The minimum absolute atomic E-state index is 0.771. The van der Waals surface area contributed by atoms with Gasteiger partial charge in [-0.25, -0.2) is 0 Å². The summed E-state index contributed by atoms with van der Waals surface area (Å²) in [4.78, 5) is 2.46. The van der Waals surface area contributed by atoms with Crippen LogP contribution in [0.15, 0.2) is 30.3 Å². The quantitative estimate of drug-likeness (QED) is 0.623. The average molecular weight is 264 g/mol. The molecule has 0 amide bonds. The van der Waals surface area contributed by atoms with Crippen LogP contribution < -0.4 is 5.73 Å². The lowest BCUT2D eigenvalue weighted by atomic mass is 10.1. The van der Waals surface area contributed by atoms with Crippen LogP contribution in [0.4, 0.5) is 0 Å². The van der Waals surface area contributed by atoms with E-state index >= 15 is 0 Å². The van der Waals surface area contributed by atoms with Crippen molar-refractivity contribution in [3.05, 3.63) is 35.9 Å². The Morgan fingerprint density at radius 2 is 1.74 bits per heavy atom. The van der Waals surface area contributed by atoms with E-state index in [1.54, 1.807) is 7.11 Å². The van der Waals surface area contributed by atoms with Gasteiger partial charge in [-0.3, -0.25) is 0 Å². The molecule has 0 saturated carbocycles. The predicted molar refractivity (Wildman–Crippen MR) is 81.4 cm³/mol. The third-order valence-electron chi connectivity index (χ3n) is 3.32. The second-order valence-corrected chi connectivity index (χ2v) is 4.92. The molecule has 19 heavy (non-hydrogen) atoms. The van der Waals surface area contributed by atoms with E-state index in [1.807, 2.05) is 0 Å². The first-order chi connectivity index (χ1) is 9.36. The Morgan fingerprint density at radius 3 is 2.42 bits per heavy atom. The summed E-state index contributed by atoms with van der Waals surface area (Å²) >= 11 is 0. The summed E-state index contributed by atoms with van der Waals surface area (Å²) in [6.45, 7) is 4.83. The van der Waals surface area contributed by atoms with Crippen LogP contribution in [-0.4, -0.2) is 44.8 Å². The molecule has 1 aromatic rings. The fourth-order valence-corrected chi connectivity index (χ4v) is 2.18. The number of hydrogen-bond donors (Lipinski definition) is 1. The molecule has 0 aromatic heterocycles. The van der Waals surface area contributed by atoms with Crippen molar-refractivity contribution in [1.29, 1.82) is 0 Å². The monoisotopic (exact) mass is 264 g/mol. The largest absolute Gasteiger partial charge is 0.383 e. The van der Waals surface area contributed by atoms with Crippen LogP contribution in [0.25, 0.3) is 0 Å². The second-order valence-electron chi connectivity index (χ2n) is 4.92. The molecule has 3 nitrogen and oxygen atoms in total. The zero-order valence-corrected chi connectivity index (χ0v) is 12.2. The van der Waals surface area contributed by atoms with Crippen molar-refractivity contribution in [2.45, 2.75) is 25.7 Å². The summed E-state index contributed by atoms with van der Waals surface area (Å²) < 4.78 is 5.15. The number of nitrogens with two attached hydrogens (primary N) is 1. The minimum Gasteiger partial charge on any atom is -0.383 e. The Balaban J connectivity index is 2.16. The van der Waals surface area contributed by atoms with Crippen molar-refractivity contribution < 1.29 is 4.74 Å². The van der Waals surface area contributed by atoms with Crippen LogP contribution in [0.3, 0.4) is 0 Å². The summed E-state index contributed by atoms with van der Waals surface area (Å²) in [7, 11) is 1.76. The maximum absolute atomic E-state index is 5.58. The van der Waals surface area contributed by atoms with Gasteiger partial charge in [-0.15, -0.1) is 0 Å². The van der Waals surface area contributed by atoms with Gasteiger partial charge in [0.1, 0.15) is 0 Å². The summed E-state index contributed by atoms with van der Waals surface area (Å²) in [6.07, 6.45) is 4.73. The number of hydrogen-bond acceptors (Lipinski definition) is 3. The fraction of sp³-hybridized carbons (Fsp3) is 0.625. The Morgan fingerprint density at radius 1 is 1.00 bits per heavy atom. The molecule has 0 radical (unpaired) electrons. The van der Waals surface area contributed by atoms with E-state index in [4.69, 9.17) is 10.5 Å². The Kier molecular flexibility index (Phi) is 9.33. The number of benzene rings is 1. The maximum Gasteiger partial charge on any atom is 0.0589 e. The number of ether oxygens (including phenoxy) is 1. The fourth-order valence-electron chi connectivity index (χ4n) is 2.18. The van der Waals surface area contributed by atoms with Gasteiger partial charge in [0.15, 0.2) is 0 Å². The standard InChI is InChI=1S/C16H28N2O/c1-19-15-14-18(13-7-11-17)12-6-5-10-16-8-3-2-4-9-16/h2-4,8-9H,5-7,10-15,17H2,1H3. The van der Waals surface area contributed by atoms with Crippen molar-refractivity contribution in [3.8, 4) is 0 Å². The normalized spacial score (nSPS) is 11.1. The SMILES string of the molecule is COCCN(CCCN)CCCCc1ccccc1. The molecular formula is C16H28N2O. The lowest BCUT2D eigenvalue weighted by molar-refractivity contribution is 0.146. The summed E-state index contributed by atoms with van der Waals surface area (Å²) in [5.41, 5.74) is 7.02. The van der Waals surface area contributed by atoms with E-state index in [1.165, 1.54) is 24.8 Å². The van der Waals surface area contributed by atoms with Crippen molar-refractivity contribution in [2.75, 3.05) is 39.9 Å². The van der Waals surface area contributed by atoms with Crippen LogP contribution >= 0.6 is 0 Å². The molecule has 2 N–H and O–H groups in total. The van der Waals surface area contributed by atoms with E-state index in [2.05, 4.69) is 35.2 Å².